The lowest BCUT2D eigenvalue weighted by Gasteiger charge is -2.32. The molecule has 2 aromatic rings. The van der Waals surface area contributed by atoms with Crippen LogP contribution < -0.4 is 0 Å². The molecule has 3 rings (SSSR count). The van der Waals surface area contributed by atoms with E-state index in [4.69, 9.17) is 0 Å². The van der Waals surface area contributed by atoms with E-state index in [1.54, 1.807) is 0 Å². The van der Waals surface area contributed by atoms with Gasteiger partial charge in [0.15, 0.2) is 5.78 Å². The second-order valence-corrected chi connectivity index (χ2v) is 6.43. The summed E-state index contributed by atoms with van der Waals surface area (Å²) in [6, 6.07) is 19.9. The van der Waals surface area contributed by atoms with Crippen LogP contribution in [0.2, 0.25) is 0 Å². The summed E-state index contributed by atoms with van der Waals surface area (Å²) in [7, 11) is 0. The fourth-order valence-corrected chi connectivity index (χ4v) is 3.69. The molecule has 0 heterocycles. The summed E-state index contributed by atoms with van der Waals surface area (Å²) in [6.45, 7) is 6.10. The third-order valence-corrected chi connectivity index (χ3v) is 4.59. The molecule has 1 aliphatic carbocycles. The first kappa shape index (κ1) is 15.5. The van der Waals surface area contributed by atoms with Crippen LogP contribution >= 0.6 is 0 Å². The monoisotopic (exact) mass is 302 g/mol. The molecule has 1 aliphatic rings. The summed E-state index contributed by atoms with van der Waals surface area (Å²) in [5, 5.41) is 0. The van der Waals surface area contributed by atoms with Crippen LogP contribution in [0.15, 0.2) is 78.9 Å². The van der Waals surface area contributed by atoms with E-state index in [0.29, 0.717) is 6.42 Å². The van der Waals surface area contributed by atoms with Gasteiger partial charge in [-0.3, -0.25) is 4.79 Å². The van der Waals surface area contributed by atoms with Crippen LogP contribution in [-0.4, -0.2) is 5.78 Å². The van der Waals surface area contributed by atoms with E-state index < -0.39 is 5.41 Å². The number of ketones is 1. The Hall–Kier alpha value is -2.41. The molecule has 1 heteroatoms. The lowest BCUT2D eigenvalue weighted by Crippen LogP contribution is -2.31. The Morgan fingerprint density at radius 1 is 1.04 bits per heavy atom. The molecule has 0 radical (unpaired) electrons. The van der Waals surface area contributed by atoms with Gasteiger partial charge in [0.2, 0.25) is 0 Å². The van der Waals surface area contributed by atoms with Gasteiger partial charge in [-0.15, -0.1) is 6.58 Å². The summed E-state index contributed by atoms with van der Waals surface area (Å²) >= 11 is 0. The summed E-state index contributed by atoms with van der Waals surface area (Å²) in [6.07, 6.45) is 4.74. The van der Waals surface area contributed by atoms with E-state index in [2.05, 4.69) is 24.8 Å². The molecule has 0 unspecified atom stereocenters. The first-order chi connectivity index (χ1) is 11.1. The molecule has 23 heavy (non-hydrogen) atoms. The van der Waals surface area contributed by atoms with Crippen molar-refractivity contribution in [1.82, 2.24) is 0 Å². The quantitative estimate of drug-likeness (QED) is 0.511. The number of carbonyl (C=O) groups is 1. The van der Waals surface area contributed by atoms with Crippen LogP contribution in [-0.2, 0) is 0 Å². The summed E-state index contributed by atoms with van der Waals surface area (Å²) in [5.74, 6) is 0.216. The average Bonchev–Trinajstić information content (AvgIpc) is 2.99. The number of rotatable bonds is 5. The second kappa shape index (κ2) is 6.37. The van der Waals surface area contributed by atoms with E-state index in [-0.39, 0.29) is 5.78 Å². The fourth-order valence-electron chi connectivity index (χ4n) is 3.69. The Morgan fingerprint density at radius 2 is 1.65 bits per heavy atom. The summed E-state index contributed by atoms with van der Waals surface area (Å²) in [4.78, 5) is 13.4. The minimum atomic E-state index is -0.478. The van der Waals surface area contributed by atoms with E-state index >= 15 is 0 Å². The van der Waals surface area contributed by atoms with Crippen molar-refractivity contribution in [1.29, 1.82) is 0 Å². The number of Topliss-reactive ketones (excluding diaryl/α,β-unsaturated/α-hetero) is 1. The highest BCUT2D eigenvalue weighted by atomic mass is 16.1. The van der Waals surface area contributed by atoms with Gasteiger partial charge in [0.05, 0.1) is 5.41 Å². The lowest BCUT2D eigenvalue weighted by molar-refractivity contribution is 0.0859. The van der Waals surface area contributed by atoms with E-state index in [1.807, 2.05) is 55.5 Å². The minimum absolute atomic E-state index is 0.216. The standard InChI is InChI=1S/C22H22O/c1-17(2)16-22(21(23)19-12-7-4-8-13-19)15-9-14-20(22)18-10-5-3-6-11-18/h3-8,10-14H,1,9,15-16H2,2H3/t22-/m0/s1. The van der Waals surface area contributed by atoms with Gasteiger partial charge in [0.1, 0.15) is 0 Å². The molecule has 0 fully saturated rings. The number of hydrogen-bond acceptors (Lipinski definition) is 1. The highest BCUT2D eigenvalue weighted by molar-refractivity contribution is 6.09. The Labute approximate surface area is 138 Å². The van der Waals surface area contributed by atoms with Crippen molar-refractivity contribution >= 4 is 11.4 Å². The van der Waals surface area contributed by atoms with Crippen LogP contribution in [0.25, 0.3) is 5.57 Å². The van der Waals surface area contributed by atoms with Gasteiger partial charge in [0, 0.05) is 5.56 Å². The van der Waals surface area contributed by atoms with Gasteiger partial charge < -0.3 is 0 Å². The van der Waals surface area contributed by atoms with Crippen LogP contribution in [0.1, 0.15) is 42.1 Å². The van der Waals surface area contributed by atoms with Crippen LogP contribution in [0.5, 0.6) is 0 Å². The van der Waals surface area contributed by atoms with Gasteiger partial charge in [-0.2, -0.15) is 0 Å². The molecule has 0 saturated carbocycles. The van der Waals surface area contributed by atoms with Gasteiger partial charge in [-0.25, -0.2) is 0 Å². The summed E-state index contributed by atoms with van der Waals surface area (Å²) < 4.78 is 0. The predicted molar refractivity (Wildman–Crippen MR) is 96.3 cm³/mol. The molecule has 0 spiro atoms. The van der Waals surface area contributed by atoms with Crippen molar-refractivity contribution in [3.05, 3.63) is 90.0 Å². The van der Waals surface area contributed by atoms with Gasteiger partial charge >= 0.3 is 0 Å². The van der Waals surface area contributed by atoms with Gasteiger partial charge in [-0.05, 0) is 37.3 Å². The maximum absolute atomic E-state index is 13.4. The molecule has 1 nitrogen and oxygen atoms in total. The molecule has 0 bridgehead atoms. The first-order valence-electron chi connectivity index (χ1n) is 8.14. The smallest absolute Gasteiger partial charge is 0.173 e. The van der Waals surface area contributed by atoms with Crippen LogP contribution in [0.3, 0.4) is 0 Å². The minimum Gasteiger partial charge on any atom is -0.293 e. The number of allylic oxidation sites excluding steroid dienone is 3. The number of hydrogen-bond donors (Lipinski definition) is 0. The number of benzene rings is 2. The number of carbonyl (C=O) groups excluding carboxylic acids is 1. The molecule has 0 N–H and O–H groups in total. The molecule has 0 aromatic heterocycles. The molecule has 0 saturated heterocycles. The zero-order chi connectivity index (χ0) is 16.3. The average molecular weight is 302 g/mol. The third-order valence-electron chi connectivity index (χ3n) is 4.59. The summed E-state index contributed by atoms with van der Waals surface area (Å²) in [5.41, 5.74) is 3.68. The van der Waals surface area contributed by atoms with Crippen molar-refractivity contribution in [3.8, 4) is 0 Å². The highest BCUT2D eigenvalue weighted by Gasteiger charge is 2.44. The highest BCUT2D eigenvalue weighted by Crippen LogP contribution is 2.50. The zero-order valence-corrected chi connectivity index (χ0v) is 13.6. The molecule has 2 aromatic carbocycles. The molecule has 1 atom stereocenters. The van der Waals surface area contributed by atoms with E-state index in [9.17, 15) is 4.79 Å². The second-order valence-electron chi connectivity index (χ2n) is 6.43. The van der Waals surface area contributed by atoms with Crippen LogP contribution in [0, 0.1) is 5.41 Å². The Balaban J connectivity index is 2.09. The lowest BCUT2D eigenvalue weighted by atomic mass is 9.69. The molecular formula is C22H22O. The van der Waals surface area contributed by atoms with E-state index in [1.165, 1.54) is 0 Å². The van der Waals surface area contributed by atoms with Crippen molar-refractivity contribution in [3.63, 3.8) is 0 Å². The van der Waals surface area contributed by atoms with Crippen molar-refractivity contribution in [2.45, 2.75) is 26.2 Å². The third kappa shape index (κ3) is 2.92. The zero-order valence-electron chi connectivity index (χ0n) is 13.6. The normalized spacial score (nSPS) is 20.1. The largest absolute Gasteiger partial charge is 0.293 e. The maximum Gasteiger partial charge on any atom is 0.173 e. The van der Waals surface area contributed by atoms with Crippen LogP contribution in [0.4, 0.5) is 0 Å². The van der Waals surface area contributed by atoms with E-state index in [0.717, 1.165) is 35.1 Å². The van der Waals surface area contributed by atoms with Gasteiger partial charge in [0.25, 0.3) is 0 Å². The van der Waals surface area contributed by atoms with Crippen molar-refractivity contribution in [2.75, 3.05) is 0 Å². The molecule has 0 aliphatic heterocycles. The molecular weight excluding hydrogens is 280 g/mol. The van der Waals surface area contributed by atoms with Gasteiger partial charge in [-0.1, -0.05) is 72.3 Å². The van der Waals surface area contributed by atoms with Crippen molar-refractivity contribution in [2.24, 2.45) is 5.41 Å². The maximum atomic E-state index is 13.4. The Kier molecular flexibility index (Phi) is 4.29. The first-order valence-corrected chi connectivity index (χ1v) is 8.14. The predicted octanol–water partition coefficient (Wildman–Crippen LogP) is 5.70. The molecule has 0 amide bonds. The Bertz CT molecular complexity index is 740. The topological polar surface area (TPSA) is 17.1 Å². The molecule has 116 valence electrons. The Morgan fingerprint density at radius 3 is 2.26 bits per heavy atom. The SMILES string of the molecule is C=C(C)C[C@@]1(C(=O)c2ccccc2)CCC=C1c1ccccc1. The fraction of sp³-hybridized carbons (Fsp3) is 0.227. The van der Waals surface area contributed by atoms with Crippen molar-refractivity contribution < 1.29 is 4.79 Å².